The first kappa shape index (κ1) is 18.9. The molecule has 0 radical (unpaired) electrons. The molecule has 0 aliphatic heterocycles. The van der Waals surface area contributed by atoms with E-state index in [2.05, 4.69) is 9.97 Å². The molecule has 0 atom stereocenters. The molecule has 2 aromatic carbocycles. The van der Waals surface area contributed by atoms with Gasteiger partial charge in [0.25, 0.3) is 0 Å². The number of ether oxygens (including phenoxy) is 1. The molecule has 6 nitrogen and oxygen atoms in total. The van der Waals surface area contributed by atoms with E-state index < -0.39 is 0 Å². The molecule has 29 heavy (non-hydrogen) atoms. The molecule has 0 saturated heterocycles. The van der Waals surface area contributed by atoms with Gasteiger partial charge in [-0.15, -0.1) is 0 Å². The van der Waals surface area contributed by atoms with Crippen LogP contribution in [0.1, 0.15) is 11.4 Å². The van der Waals surface area contributed by atoms with Gasteiger partial charge in [-0.2, -0.15) is 10.1 Å². The molecule has 2 aromatic heterocycles. The molecule has 0 N–H and O–H groups in total. The normalized spacial score (nSPS) is 11.1. The standard InChI is InChI=1S/C22H22FN5O/c1-13-20(15-6-8-16(23)9-7-15)14(2)28(26-13)17-10-11-18-19(12-17)24-22(27(3)4)25-21(18)29-5/h6-12H,1-5H3. The van der Waals surface area contributed by atoms with E-state index in [0.717, 1.165) is 39.1 Å². The molecule has 7 heteroatoms. The minimum atomic E-state index is -0.253. The highest BCUT2D eigenvalue weighted by molar-refractivity contribution is 5.86. The van der Waals surface area contributed by atoms with Gasteiger partial charge in [0.2, 0.25) is 11.8 Å². The molecule has 0 spiro atoms. The van der Waals surface area contributed by atoms with E-state index in [0.29, 0.717) is 11.8 Å². The summed E-state index contributed by atoms with van der Waals surface area (Å²) in [6.45, 7) is 3.97. The zero-order valence-electron chi connectivity index (χ0n) is 17.1. The quantitative estimate of drug-likeness (QED) is 0.519. The fraction of sp³-hybridized carbons (Fsp3) is 0.227. The maximum absolute atomic E-state index is 13.3. The molecule has 0 aliphatic rings. The van der Waals surface area contributed by atoms with Crippen LogP contribution in [0.3, 0.4) is 0 Å². The van der Waals surface area contributed by atoms with Crippen LogP contribution < -0.4 is 9.64 Å². The Bertz CT molecular complexity index is 1200. The van der Waals surface area contributed by atoms with Crippen molar-refractivity contribution in [3.05, 3.63) is 59.7 Å². The predicted molar refractivity (Wildman–Crippen MR) is 112 cm³/mol. The molecule has 0 fully saturated rings. The van der Waals surface area contributed by atoms with Crippen molar-refractivity contribution in [1.82, 2.24) is 19.7 Å². The molecule has 0 bridgehead atoms. The van der Waals surface area contributed by atoms with Crippen LogP contribution in [0.4, 0.5) is 10.3 Å². The number of methoxy groups -OCH3 is 1. The first-order valence-corrected chi connectivity index (χ1v) is 9.24. The van der Waals surface area contributed by atoms with Crippen molar-refractivity contribution < 1.29 is 9.13 Å². The van der Waals surface area contributed by atoms with E-state index >= 15 is 0 Å². The number of anilines is 1. The molecule has 0 amide bonds. The van der Waals surface area contributed by atoms with Crippen LogP contribution in [0, 0.1) is 19.7 Å². The van der Waals surface area contributed by atoms with Crippen LogP contribution >= 0.6 is 0 Å². The van der Waals surface area contributed by atoms with Gasteiger partial charge < -0.3 is 9.64 Å². The van der Waals surface area contributed by atoms with Crippen molar-refractivity contribution in [1.29, 1.82) is 0 Å². The lowest BCUT2D eigenvalue weighted by molar-refractivity contribution is 0.403. The molecule has 0 saturated carbocycles. The van der Waals surface area contributed by atoms with Crippen LogP contribution in [0.5, 0.6) is 5.88 Å². The van der Waals surface area contributed by atoms with Crippen LogP contribution in [0.2, 0.25) is 0 Å². The molecular formula is C22H22FN5O. The van der Waals surface area contributed by atoms with E-state index in [-0.39, 0.29) is 5.82 Å². The van der Waals surface area contributed by atoms with Crippen LogP contribution in [0.25, 0.3) is 27.7 Å². The lowest BCUT2D eigenvalue weighted by Gasteiger charge is -2.14. The summed E-state index contributed by atoms with van der Waals surface area (Å²) in [4.78, 5) is 10.9. The van der Waals surface area contributed by atoms with Crippen molar-refractivity contribution in [2.24, 2.45) is 0 Å². The Kier molecular flexibility index (Phi) is 4.66. The number of nitrogens with zero attached hydrogens (tertiary/aromatic N) is 5. The molecule has 148 valence electrons. The third-order valence-electron chi connectivity index (χ3n) is 4.90. The van der Waals surface area contributed by atoms with Crippen LogP contribution in [0.15, 0.2) is 42.5 Å². The fourth-order valence-corrected chi connectivity index (χ4v) is 3.49. The SMILES string of the molecule is COc1nc(N(C)C)nc2cc(-n3nc(C)c(-c4ccc(F)cc4)c3C)ccc12. The summed E-state index contributed by atoms with van der Waals surface area (Å²) in [6.07, 6.45) is 0. The van der Waals surface area contributed by atoms with Gasteiger partial charge in [0.1, 0.15) is 5.82 Å². The van der Waals surface area contributed by atoms with Crippen molar-refractivity contribution >= 4 is 16.9 Å². The Morgan fingerprint density at radius 3 is 2.38 bits per heavy atom. The molecule has 0 aliphatic carbocycles. The lowest BCUT2D eigenvalue weighted by Crippen LogP contribution is -2.13. The Labute approximate surface area is 168 Å². The summed E-state index contributed by atoms with van der Waals surface area (Å²) in [5.74, 6) is 0.855. The summed E-state index contributed by atoms with van der Waals surface area (Å²) in [6, 6.07) is 12.4. The summed E-state index contributed by atoms with van der Waals surface area (Å²) in [7, 11) is 5.38. The maximum Gasteiger partial charge on any atom is 0.228 e. The van der Waals surface area contributed by atoms with Gasteiger partial charge in [0.15, 0.2) is 0 Å². The third-order valence-corrected chi connectivity index (χ3v) is 4.90. The largest absolute Gasteiger partial charge is 0.480 e. The molecule has 2 heterocycles. The van der Waals surface area contributed by atoms with E-state index in [1.807, 2.05) is 55.7 Å². The lowest BCUT2D eigenvalue weighted by atomic mass is 10.0. The van der Waals surface area contributed by atoms with Gasteiger partial charge in [-0.1, -0.05) is 12.1 Å². The highest BCUT2D eigenvalue weighted by Gasteiger charge is 2.16. The topological polar surface area (TPSA) is 56.1 Å². The van der Waals surface area contributed by atoms with Crippen molar-refractivity contribution in [3.63, 3.8) is 0 Å². The zero-order valence-corrected chi connectivity index (χ0v) is 17.1. The molecule has 4 rings (SSSR count). The van der Waals surface area contributed by atoms with Crippen LogP contribution in [-0.2, 0) is 0 Å². The first-order valence-electron chi connectivity index (χ1n) is 9.24. The minimum absolute atomic E-state index is 0.253. The van der Waals surface area contributed by atoms with Gasteiger partial charge >= 0.3 is 0 Å². The molecule has 4 aromatic rings. The molecule has 0 unspecified atom stereocenters. The highest BCUT2D eigenvalue weighted by atomic mass is 19.1. The van der Waals surface area contributed by atoms with Crippen molar-refractivity contribution in [2.45, 2.75) is 13.8 Å². The van der Waals surface area contributed by atoms with Crippen molar-refractivity contribution in [3.8, 4) is 22.7 Å². The number of hydrogen-bond acceptors (Lipinski definition) is 5. The van der Waals surface area contributed by atoms with Gasteiger partial charge in [-0.3, -0.25) is 0 Å². The van der Waals surface area contributed by atoms with Gasteiger partial charge in [-0.05, 0) is 49.7 Å². The van der Waals surface area contributed by atoms with Gasteiger partial charge in [0, 0.05) is 25.4 Å². The predicted octanol–water partition coefficient (Wildman–Crippen LogP) is 4.31. The second-order valence-electron chi connectivity index (χ2n) is 7.09. The number of fused-ring (bicyclic) bond motifs is 1. The minimum Gasteiger partial charge on any atom is -0.480 e. The zero-order chi connectivity index (χ0) is 20.7. The Morgan fingerprint density at radius 2 is 1.72 bits per heavy atom. The Morgan fingerprint density at radius 1 is 1.00 bits per heavy atom. The summed E-state index contributed by atoms with van der Waals surface area (Å²) in [5, 5.41) is 5.56. The van der Waals surface area contributed by atoms with E-state index in [4.69, 9.17) is 9.84 Å². The summed E-state index contributed by atoms with van der Waals surface area (Å²) in [5.41, 5.74) is 5.45. The smallest absolute Gasteiger partial charge is 0.228 e. The maximum atomic E-state index is 13.3. The number of benzene rings is 2. The molecular weight excluding hydrogens is 369 g/mol. The van der Waals surface area contributed by atoms with Gasteiger partial charge in [0.05, 0.1) is 29.4 Å². The number of aryl methyl sites for hydroxylation is 1. The number of rotatable bonds is 4. The fourth-order valence-electron chi connectivity index (χ4n) is 3.49. The average molecular weight is 391 g/mol. The monoisotopic (exact) mass is 391 g/mol. The van der Waals surface area contributed by atoms with Gasteiger partial charge in [-0.25, -0.2) is 14.1 Å². The second kappa shape index (κ2) is 7.16. The third kappa shape index (κ3) is 3.29. The Hall–Kier alpha value is -3.48. The number of aromatic nitrogens is 4. The van der Waals surface area contributed by atoms with Crippen molar-refractivity contribution in [2.75, 3.05) is 26.1 Å². The highest BCUT2D eigenvalue weighted by Crippen LogP contribution is 2.31. The second-order valence-corrected chi connectivity index (χ2v) is 7.09. The van der Waals surface area contributed by atoms with E-state index in [9.17, 15) is 4.39 Å². The van der Waals surface area contributed by atoms with Crippen LogP contribution in [-0.4, -0.2) is 41.0 Å². The first-order chi connectivity index (χ1) is 13.9. The number of halogens is 1. The Balaban J connectivity index is 1.87. The average Bonchev–Trinajstić information content (AvgIpc) is 3.01. The van der Waals surface area contributed by atoms with E-state index in [1.165, 1.54) is 12.1 Å². The summed E-state index contributed by atoms with van der Waals surface area (Å²) < 4.78 is 20.7. The van der Waals surface area contributed by atoms with E-state index in [1.54, 1.807) is 19.2 Å². The number of hydrogen-bond donors (Lipinski definition) is 0. The summed E-state index contributed by atoms with van der Waals surface area (Å²) >= 11 is 0.